The fraction of sp³-hybridized carbons (Fsp3) is 0.395. The van der Waals surface area contributed by atoms with Crippen LogP contribution in [0.15, 0.2) is 94.8 Å². The topological polar surface area (TPSA) is 217 Å². The van der Waals surface area contributed by atoms with Crippen molar-refractivity contribution < 1.29 is 41.8 Å². The summed E-state index contributed by atoms with van der Waals surface area (Å²) in [5.41, 5.74) is 7.55. The molecule has 3 aromatic rings. The van der Waals surface area contributed by atoms with Crippen LogP contribution >= 0.6 is 0 Å². The lowest BCUT2D eigenvalue weighted by molar-refractivity contribution is -0.145. The van der Waals surface area contributed by atoms with Gasteiger partial charge in [-0.3, -0.25) is 19.4 Å². The van der Waals surface area contributed by atoms with Gasteiger partial charge < -0.3 is 35.9 Å². The van der Waals surface area contributed by atoms with Gasteiger partial charge in [0, 0.05) is 13.1 Å². The van der Waals surface area contributed by atoms with E-state index in [0.717, 1.165) is 16.7 Å². The molecule has 2 atom stereocenters. The van der Waals surface area contributed by atoms with Gasteiger partial charge in [-0.1, -0.05) is 78.4 Å². The number of sulfonamides is 1. The standard InChI is InChI=1S/C38H50N6O9S/c1-27-17-19-30(20-18-27)54(49,50)44-36(39)41-22-11-16-31(34(46)40-23-21-33(45)52-25-29-14-9-6-10-15-29)42-35(47)32(43-37(48)53-38(2,3)4)26-51-24-28-12-7-5-8-13-28/h5-10,12-15,17-20,31-32H,11,16,21-26H2,1-4H3,(H,40,46)(H,42,47)(H,43,48)(H3,39,41,44)/t31-,32-/m0/s1. The molecule has 0 aliphatic heterocycles. The number of ether oxygens (including phenoxy) is 3. The Balaban J connectivity index is 1.67. The molecule has 3 amide bonds. The van der Waals surface area contributed by atoms with Gasteiger partial charge >= 0.3 is 12.1 Å². The highest BCUT2D eigenvalue weighted by molar-refractivity contribution is 7.90. The normalized spacial score (nSPS) is 12.9. The summed E-state index contributed by atoms with van der Waals surface area (Å²) < 4.78 is 44.0. The third kappa shape index (κ3) is 16.5. The van der Waals surface area contributed by atoms with E-state index in [4.69, 9.17) is 19.9 Å². The molecule has 0 aromatic heterocycles. The smallest absolute Gasteiger partial charge is 0.408 e. The minimum Gasteiger partial charge on any atom is -0.461 e. The van der Waals surface area contributed by atoms with Crippen LogP contribution in [0.5, 0.6) is 0 Å². The minimum absolute atomic E-state index is 0.00646. The molecule has 0 aliphatic rings. The van der Waals surface area contributed by atoms with Gasteiger partial charge in [0.05, 0.1) is 24.5 Å². The largest absolute Gasteiger partial charge is 0.461 e. The predicted octanol–water partition coefficient (Wildman–Crippen LogP) is 3.21. The van der Waals surface area contributed by atoms with Gasteiger partial charge in [-0.2, -0.15) is 0 Å². The Hall–Kier alpha value is -5.48. The SMILES string of the molecule is Cc1ccc(S(=O)(=O)NC(N)=NCCC[C@H](NC(=O)[C@H](COCc2ccccc2)NC(=O)OC(C)(C)C)C(=O)NCCC(=O)OCc2ccccc2)cc1. The van der Waals surface area contributed by atoms with E-state index in [1.807, 2.05) is 67.6 Å². The third-order valence-corrected chi connectivity index (χ3v) is 8.78. The zero-order chi connectivity index (χ0) is 39.6. The molecule has 0 heterocycles. The third-order valence-electron chi connectivity index (χ3n) is 7.41. The molecule has 6 N–H and O–H groups in total. The summed E-state index contributed by atoms with van der Waals surface area (Å²) in [5, 5.41) is 7.82. The molecular weight excluding hydrogens is 717 g/mol. The molecule has 3 aromatic carbocycles. The molecule has 0 aliphatic carbocycles. The molecule has 54 heavy (non-hydrogen) atoms. The zero-order valence-corrected chi connectivity index (χ0v) is 31.8. The number of guanidine groups is 1. The van der Waals surface area contributed by atoms with Crippen molar-refractivity contribution in [3.05, 3.63) is 102 Å². The highest BCUT2D eigenvalue weighted by atomic mass is 32.2. The van der Waals surface area contributed by atoms with Crippen LogP contribution in [0, 0.1) is 6.92 Å². The molecule has 0 radical (unpaired) electrons. The number of nitrogens with two attached hydrogens (primary N) is 1. The maximum Gasteiger partial charge on any atom is 0.408 e. The van der Waals surface area contributed by atoms with Crippen LogP contribution in [-0.4, -0.2) is 75.6 Å². The highest BCUT2D eigenvalue weighted by Gasteiger charge is 2.29. The predicted molar refractivity (Wildman–Crippen MR) is 202 cm³/mol. The van der Waals surface area contributed by atoms with Crippen molar-refractivity contribution >= 4 is 39.9 Å². The van der Waals surface area contributed by atoms with E-state index in [0.29, 0.717) is 0 Å². The molecule has 0 fully saturated rings. The van der Waals surface area contributed by atoms with E-state index >= 15 is 0 Å². The lowest BCUT2D eigenvalue weighted by Crippen LogP contribution is -2.55. The summed E-state index contributed by atoms with van der Waals surface area (Å²) in [6, 6.07) is 22.1. The summed E-state index contributed by atoms with van der Waals surface area (Å²) in [6.07, 6.45) is -0.781. The van der Waals surface area contributed by atoms with Gasteiger partial charge in [-0.05, 0) is 63.8 Å². The van der Waals surface area contributed by atoms with Crippen LogP contribution in [0.25, 0.3) is 0 Å². The number of carbonyl (C=O) groups is 4. The Labute approximate surface area is 316 Å². The van der Waals surface area contributed by atoms with Crippen molar-refractivity contribution in [3.63, 3.8) is 0 Å². The number of alkyl carbamates (subject to hydrolysis) is 1. The number of nitrogens with zero attached hydrogens (tertiary/aromatic N) is 1. The summed E-state index contributed by atoms with van der Waals surface area (Å²) >= 11 is 0. The molecule has 0 unspecified atom stereocenters. The summed E-state index contributed by atoms with van der Waals surface area (Å²) in [4.78, 5) is 56.1. The Morgan fingerprint density at radius 2 is 1.43 bits per heavy atom. The second-order valence-corrected chi connectivity index (χ2v) is 15.0. The van der Waals surface area contributed by atoms with Gasteiger partial charge in [0.2, 0.25) is 17.8 Å². The molecule has 0 bridgehead atoms. The van der Waals surface area contributed by atoms with E-state index in [9.17, 15) is 27.6 Å². The Morgan fingerprint density at radius 3 is 2.04 bits per heavy atom. The van der Waals surface area contributed by atoms with Crippen LogP contribution in [0.1, 0.15) is 56.7 Å². The number of hydrogen-bond donors (Lipinski definition) is 5. The van der Waals surface area contributed by atoms with Gasteiger partial charge in [0.25, 0.3) is 10.0 Å². The number of rotatable bonds is 19. The Morgan fingerprint density at radius 1 is 0.815 bits per heavy atom. The summed E-state index contributed by atoms with van der Waals surface area (Å²) in [7, 11) is -3.97. The molecule has 3 rings (SSSR count). The molecule has 0 saturated heterocycles. The quantitative estimate of drug-likeness (QED) is 0.0520. The fourth-order valence-electron chi connectivity index (χ4n) is 4.71. The van der Waals surface area contributed by atoms with Crippen molar-refractivity contribution in [3.8, 4) is 0 Å². The molecular formula is C38H50N6O9S. The van der Waals surface area contributed by atoms with Crippen LogP contribution in [0.4, 0.5) is 4.79 Å². The average Bonchev–Trinajstić information content (AvgIpc) is 3.11. The monoisotopic (exact) mass is 766 g/mol. The summed E-state index contributed by atoms with van der Waals surface area (Å²) in [6.45, 7) is 6.75. The van der Waals surface area contributed by atoms with Crippen LogP contribution in [0.2, 0.25) is 0 Å². The van der Waals surface area contributed by atoms with Gasteiger partial charge in [0.1, 0.15) is 24.3 Å². The second kappa shape index (κ2) is 21.3. The first-order chi connectivity index (χ1) is 25.6. The van der Waals surface area contributed by atoms with E-state index in [-0.39, 0.29) is 63.0 Å². The van der Waals surface area contributed by atoms with Crippen molar-refractivity contribution in [2.45, 2.75) is 82.8 Å². The number of amides is 3. The summed E-state index contributed by atoms with van der Waals surface area (Å²) in [5.74, 6) is -2.23. The highest BCUT2D eigenvalue weighted by Crippen LogP contribution is 2.11. The van der Waals surface area contributed by atoms with Crippen molar-refractivity contribution in [1.82, 2.24) is 20.7 Å². The number of carbonyl (C=O) groups excluding carboxylic acids is 4. The number of aryl methyl sites for hydroxylation is 1. The minimum atomic E-state index is -3.97. The van der Waals surface area contributed by atoms with Gasteiger partial charge in [0.15, 0.2) is 0 Å². The van der Waals surface area contributed by atoms with Crippen LogP contribution < -0.4 is 26.4 Å². The number of hydrogen-bond acceptors (Lipinski definition) is 10. The first-order valence-electron chi connectivity index (χ1n) is 17.4. The van der Waals surface area contributed by atoms with E-state index in [1.165, 1.54) is 12.1 Å². The number of aliphatic imine (C=N–C) groups is 1. The van der Waals surface area contributed by atoms with Gasteiger partial charge in [-0.25, -0.2) is 17.9 Å². The van der Waals surface area contributed by atoms with Crippen molar-refractivity contribution in [1.29, 1.82) is 0 Å². The molecule has 15 nitrogen and oxygen atoms in total. The van der Waals surface area contributed by atoms with Crippen molar-refractivity contribution in [2.24, 2.45) is 10.7 Å². The number of benzene rings is 3. The number of esters is 1. The lowest BCUT2D eigenvalue weighted by Gasteiger charge is -2.25. The van der Waals surface area contributed by atoms with Crippen LogP contribution in [-0.2, 0) is 51.8 Å². The zero-order valence-electron chi connectivity index (χ0n) is 31.0. The Bertz CT molecular complexity index is 1800. The average molecular weight is 767 g/mol. The first-order valence-corrected chi connectivity index (χ1v) is 18.9. The van der Waals surface area contributed by atoms with E-state index in [1.54, 1.807) is 32.9 Å². The molecule has 292 valence electrons. The molecule has 16 heteroatoms. The van der Waals surface area contributed by atoms with Crippen LogP contribution in [0.3, 0.4) is 0 Å². The fourth-order valence-corrected chi connectivity index (χ4v) is 5.66. The van der Waals surface area contributed by atoms with E-state index in [2.05, 4.69) is 25.7 Å². The van der Waals surface area contributed by atoms with E-state index < -0.39 is 51.6 Å². The Kier molecular flexibility index (Phi) is 16.9. The molecule has 0 saturated carbocycles. The maximum atomic E-state index is 13.6. The van der Waals surface area contributed by atoms with Gasteiger partial charge in [-0.15, -0.1) is 0 Å². The number of nitrogens with one attached hydrogen (secondary N) is 4. The maximum absolute atomic E-state index is 13.6. The molecule has 0 spiro atoms. The van der Waals surface area contributed by atoms with Crippen molar-refractivity contribution in [2.75, 3.05) is 19.7 Å². The second-order valence-electron chi connectivity index (χ2n) is 13.3. The first kappa shape index (κ1) is 42.9. The lowest BCUT2D eigenvalue weighted by atomic mass is 10.1.